The van der Waals surface area contributed by atoms with E-state index < -0.39 is 0 Å². The number of thiazole rings is 1. The molecule has 2 nitrogen and oxygen atoms in total. The van der Waals surface area contributed by atoms with Crippen LogP contribution in [0.25, 0.3) is 0 Å². The van der Waals surface area contributed by atoms with Gasteiger partial charge in [0.15, 0.2) is 0 Å². The summed E-state index contributed by atoms with van der Waals surface area (Å²) < 4.78 is 0. The Morgan fingerprint density at radius 2 is 1.94 bits per heavy atom. The SMILES string of the molecule is CC1(C)Cc2nc(C3CCCCC3)sc2C(O)C1. The molecule has 0 radical (unpaired) electrons. The second kappa shape index (κ2) is 4.61. The average Bonchev–Trinajstić information content (AvgIpc) is 2.72. The van der Waals surface area contributed by atoms with Crippen LogP contribution in [0.3, 0.4) is 0 Å². The van der Waals surface area contributed by atoms with Crippen LogP contribution in [0.5, 0.6) is 0 Å². The van der Waals surface area contributed by atoms with Gasteiger partial charge in [-0.1, -0.05) is 33.1 Å². The topological polar surface area (TPSA) is 33.1 Å². The summed E-state index contributed by atoms with van der Waals surface area (Å²) in [7, 11) is 0. The minimum atomic E-state index is -0.279. The lowest BCUT2D eigenvalue weighted by Gasteiger charge is -2.31. The quantitative estimate of drug-likeness (QED) is 0.825. The molecule has 0 saturated heterocycles. The first-order chi connectivity index (χ1) is 8.55. The monoisotopic (exact) mass is 265 g/mol. The lowest BCUT2D eigenvalue weighted by molar-refractivity contribution is 0.102. The maximum atomic E-state index is 10.3. The third-order valence-corrected chi connectivity index (χ3v) is 5.75. The summed E-state index contributed by atoms with van der Waals surface area (Å²) in [5.41, 5.74) is 1.38. The van der Waals surface area contributed by atoms with Crippen LogP contribution in [-0.2, 0) is 6.42 Å². The number of hydrogen-bond donors (Lipinski definition) is 1. The number of rotatable bonds is 1. The molecule has 0 bridgehead atoms. The molecule has 0 amide bonds. The molecule has 1 aromatic rings. The van der Waals surface area contributed by atoms with E-state index in [2.05, 4.69) is 13.8 Å². The van der Waals surface area contributed by atoms with Crippen molar-refractivity contribution in [3.05, 3.63) is 15.6 Å². The molecule has 1 fully saturated rings. The molecular weight excluding hydrogens is 242 g/mol. The van der Waals surface area contributed by atoms with Gasteiger partial charge in [0.25, 0.3) is 0 Å². The van der Waals surface area contributed by atoms with Crippen molar-refractivity contribution in [2.75, 3.05) is 0 Å². The highest BCUT2D eigenvalue weighted by molar-refractivity contribution is 7.11. The van der Waals surface area contributed by atoms with E-state index in [0.29, 0.717) is 5.92 Å². The number of aliphatic hydroxyl groups excluding tert-OH is 1. The van der Waals surface area contributed by atoms with E-state index in [1.807, 2.05) is 0 Å². The Labute approximate surface area is 113 Å². The molecule has 2 aliphatic carbocycles. The minimum absolute atomic E-state index is 0.199. The Morgan fingerprint density at radius 1 is 1.22 bits per heavy atom. The van der Waals surface area contributed by atoms with Crippen molar-refractivity contribution >= 4 is 11.3 Å². The Balaban J connectivity index is 1.87. The van der Waals surface area contributed by atoms with Crippen LogP contribution < -0.4 is 0 Å². The van der Waals surface area contributed by atoms with E-state index in [1.54, 1.807) is 11.3 Å². The van der Waals surface area contributed by atoms with Crippen LogP contribution in [0.15, 0.2) is 0 Å². The number of hydrogen-bond acceptors (Lipinski definition) is 3. The van der Waals surface area contributed by atoms with Crippen LogP contribution >= 0.6 is 11.3 Å². The fourth-order valence-corrected chi connectivity index (χ4v) is 4.67. The molecule has 1 N–H and O–H groups in total. The molecule has 3 heteroatoms. The molecular formula is C15H23NOS. The third-order valence-electron chi connectivity index (χ3n) is 4.39. The Kier molecular flexibility index (Phi) is 3.23. The van der Waals surface area contributed by atoms with Crippen LogP contribution in [0.4, 0.5) is 0 Å². The van der Waals surface area contributed by atoms with E-state index >= 15 is 0 Å². The van der Waals surface area contributed by atoms with Gasteiger partial charge in [0.1, 0.15) is 0 Å². The summed E-state index contributed by atoms with van der Waals surface area (Å²) in [6.45, 7) is 4.47. The normalized spacial score (nSPS) is 28.1. The molecule has 0 aliphatic heterocycles. The van der Waals surface area contributed by atoms with Gasteiger partial charge >= 0.3 is 0 Å². The molecule has 0 aromatic carbocycles. The van der Waals surface area contributed by atoms with Crippen LogP contribution in [0.2, 0.25) is 0 Å². The highest BCUT2D eigenvalue weighted by atomic mass is 32.1. The summed E-state index contributed by atoms with van der Waals surface area (Å²) in [6.07, 6.45) is 8.31. The number of fused-ring (bicyclic) bond motifs is 1. The number of nitrogens with zero attached hydrogens (tertiary/aromatic N) is 1. The molecule has 1 aromatic heterocycles. The minimum Gasteiger partial charge on any atom is -0.387 e. The van der Waals surface area contributed by atoms with Gasteiger partial charge in [-0.25, -0.2) is 4.98 Å². The van der Waals surface area contributed by atoms with E-state index in [-0.39, 0.29) is 11.5 Å². The summed E-state index contributed by atoms with van der Waals surface area (Å²) in [6, 6.07) is 0. The van der Waals surface area contributed by atoms with Crippen LogP contribution in [0, 0.1) is 5.41 Å². The zero-order valence-electron chi connectivity index (χ0n) is 11.4. The van der Waals surface area contributed by atoms with Crippen molar-refractivity contribution < 1.29 is 5.11 Å². The Hall–Kier alpha value is -0.410. The van der Waals surface area contributed by atoms with Gasteiger partial charge in [0.2, 0.25) is 0 Å². The molecule has 2 aliphatic rings. The first-order valence-corrected chi connectivity index (χ1v) is 8.04. The Bertz CT molecular complexity index is 432. The van der Waals surface area contributed by atoms with Crippen molar-refractivity contribution in [2.24, 2.45) is 5.41 Å². The smallest absolute Gasteiger partial charge is 0.0963 e. The predicted molar refractivity (Wildman–Crippen MR) is 75.0 cm³/mol. The van der Waals surface area contributed by atoms with Crippen molar-refractivity contribution in [1.29, 1.82) is 0 Å². The average molecular weight is 265 g/mol. The van der Waals surface area contributed by atoms with Gasteiger partial charge in [-0.05, 0) is 31.1 Å². The number of aliphatic hydroxyl groups is 1. The maximum Gasteiger partial charge on any atom is 0.0963 e. The zero-order valence-corrected chi connectivity index (χ0v) is 12.2. The van der Waals surface area contributed by atoms with Crippen LogP contribution in [-0.4, -0.2) is 10.1 Å². The lowest BCUT2D eigenvalue weighted by Crippen LogP contribution is -2.24. The van der Waals surface area contributed by atoms with Crippen molar-refractivity contribution in [1.82, 2.24) is 4.98 Å². The molecule has 100 valence electrons. The standard InChI is InChI=1S/C15H23NOS/c1-15(2)8-11-13(12(17)9-15)18-14(16-11)10-6-4-3-5-7-10/h10,12,17H,3-9H2,1-2H3. The second-order valence-electron chi connectivity index (χ2n) is 6.76. The van der Waals surface area contributed by atoms with Crippen LogP contribution in [0.1, 0.15) is 80.0 Å². The molecule has 1 unspecified atom stereocenters. The fourth-order valence-electron chi connectivity index (χ4n) is 3.44. The summed E-state index contributed by atoms with van der Waals surface area (Å²) in [4.78, 5) is 6.04. The molecule has 3 rings (SSSR count). The summed E-state index contributed by atoms with van der Waals surface area (Å²) in [5.74, 6) is 0.671. The van der Waals surface area contributed by atoms with Crippen molar-refractivity contribution in [3.8, 4) is 0 Å². The highest BCUT2D eigenvalue weighted by Crippen LogP contribution is 2.45. The first-order valence-electron chi connectivity index (χ1n) is 7.23. The molecule has 0 spiro atoms. The van der Waals surface area contributed by atoms with Gasteiger partial charge in [0, 0.05) is 5.92 Å². The molecule has 18 heavy (non-hydrogen) atoms. The molecule has 1 heterocycles. The predicted octanol–water partition coefficient (Wildman–Crippen LogP) is 4.20. The molecule has 1 saturated carbocycles. The molecule has 1 atom stereocenters. The van der Waals surface area contributed by atoms with E-state index in [4.69, 9.17) is 4.98 Å². The summed E-state index contributed by atoms with van der Waals surface area (Å²) >= 11 is 1.79. The van der Waals surface area contributed by atoms with Crippen molar-refractivity contribution in [2.45, 2.75) is 70.8 Å². The second-order valence-corrected chi connectivity index (χ2v) is 7.82. The van der Waals surface area contributed by atoms with Gasteiger partial charge in [-0.15, -0.1) is 11.3 Å². The lowest BCUT2D eigenvalue weighted by atomic mass is 9.77. The zero-order chi connectivity index (χ0) is 12.8. The van der Waals surface area contributed by atoms with Gasteiger partial charge in [0.05, 0.1) is 21.7 Å². The van der Waals surface area contributed by atoms with Gasteiger partial charge in [-0.3, -0.25) is 0 Å². The van der Waals surface area contributed by atoms with E-state index in [9.17, 15) is 5.11 Å². The Morgan fingerprint density at radius 3 is 2.67 bits per heavy atom. The summed E-state index contributed by atoms with van der Waals surface area (Å²) in [5, 5.41) is 11.6. The number of aromatic nitrogens is 1. The van der Waals surface area contributed by atoms with E-state index in [1.165, 1.54) is 42.8 Å². The van der Waals surface area contributed by atoms with Crippen molar-refractivity contribution in [3.63, 3.8) is 0 Å². The fraction of sp³-hybridized carbons (Fsp3) is 0.800. The van der Waals surface area contributed by atoms with E-state index in [0.717, 1.165) is 17.7 Å². The first kappa shape index (κ1) is 12.6. The largest absolute Gasteiger partial charge is 0.387 e. The van der Waals surface area contributed by atoms with Gasteiger partial charge < -0.3 is 5.11 Å². The maximum absolute atomic E-state index is 10.3. The third kappa shape index (κ3) is 2.35. The van der Waals surface area contributed by atoms with Gasteiger partial charge in [-0.2, -0.15) is 0 Å². The highest BCUT2D eigenvalue weighted by Gasteiger charge is 2.35.